The molecule has 0 radical (unpaired) electrons. The van der Waals surface area contributed by atoms with Crippen molar-refractivity contribution < 1.29 is 19.0 Å². The molecule has 186 valence electrons. The number of hydrogen-bond donors (Lipinski definition) is 0. The minimum absolute atomic E-state index is 0.146. The van der Waals surface area contributed by atoms with E-state index in [0.29, 0.717) is 13.0 Å². The van der Waals surface area contributed by atoms with Crippen molar-refractivity contribution in [2.75, 3.05) is 63.4 Å². The number of para-hydroxylation sites is 2. The van der Waals surface area contributed by atoms with E-state index in [1.807, 2.05) is 49.3 Å². The molecule has 0 N–H and O–H groups in total. The first-order chi connectivity index (χ1) is 16.6. The maximum absolute atomic E-state index is 12.0. The van der Waals surface area contributed by atoms with Crippen LogP contribution < -0.4 is 14.5 Å². The molecule has 1 aliphatic rings. The zero-order chi connectivity index (χ0) is 24.0. The number of ether oxygens (including phenoxy) is 3. The van der Waals surface area contributed by atoms with Gasteiger partial charge in [0.25, 0.3) is 0 Å². The molecular formula is C28H40N2O4. The highest BCUT2D eigenvalue weighted by Gasteiger charge is 2.15. The van der Waals surface area contributed by atoms with Gasteiger partial charge in [0.1, 0.15) is 5.75 Å². The molecule has 2 aromatic carbocycles. The van der Waals surface area contributed by atoms with Gasteiger partial charge >= 0.3 is 5.97 Å². The topological polar surface area (TPSA) is 51.2 Å². The van der Waals surface area contributed by atoms with Gasteiger partial charge in [-0.2, -0.15) is 0 Å². The van der Waals surface area contributed by atoms with E-state index in [1.54, 1.807) is 0 Å². The van der Waals surface area contributed by atoms with Crippen LogP contribution in [0.3, 0.4) is 0 Å². The van der Waals surface area contributed by atoms with E-state index < -0.39 is 0 Å². The van der Waals surface area contributed by atoms with Gasteiger partial charge in [0, 0.05) is 32.9 Å². The first-order valence-corrected chi connectivity index (χ1v) is 12.6. The fourth-order valence-corrected chi connectivity index (χ4v) is 4.05. The molecule has 0 amide bonds. The third-order valence-corrected chi connectivity index (χ3v) is 6.08. The minimum atomic E-state index is -0.146. The van der Waals surface area contributed by atoms with Gasteiger partial charge in [-0.05, 0) is 42.7 Å². The van der Waals surface area contributed by atoms with Crippen LogP contribution in [0.25, 0.3) is 0 Å². The average molecular weight is 469 g/mol. The molecule has 0 aliphatic carbocycles. The molecule has 1 aliphatic heterocycles. The third-order valence-electron chi connectivity index (χ3n) is 6.08. The van der Waals surface area contributed by atoms with E-state index in [-0.39, 0.29) is 5.97 Å². The summed E-state index contributed by atoms with van der Waals surface area (Å²) in [5.41, 5.74) is 3.29. The Hall–Kier alpha value is -2.73. The molecule has 6 nitrogen and oxygen atoms in total. The molecule has 34 heavy (non-hydrogen) atoms. The molecule has 3 rings (SSSR count). The lowest BCUT2D eigenvalue weighted by Crippen LogP contribution is -2.36. The number of nitrogens with zero attached hydrogens (tertiary/aromatic N) is 2. The highest BCUT2D eigenvalue weighted by atomic mass is 16.5. The Morgan fingerprint density at radius 2 is 1.53 bits per heavy atom. The second-order valence-electron chi connectivity index (χ2n) is 9.00. The number of unbranched alkanes of at least 4 members (excludes halogenated alkanes) is 5. The molecule has 2 aromatic rings. The van der Waals surface area contributed by atoms with Crippen molar-refractivity contribution in [3.8, 4) is 5.75 Å². The van der Waals surface area contributed by atoms with E-state index in [2.05, 4.69) is 23.1 Å². The lowest BCUT2D eigenvalue weighted by atomic mass is 10.1. The van der Waals surface area contributed by atoms with Gasteiger partial charge in [-0.1, -0.05) is 49.9 Å². The van der Waals surface area contributed by atoms with Crippen LogP contribution >= 0.6 is 0 Å². The first kappa shape index (κ1) is 25.9. The average Bonchev–Trinajstić information content (AvgIpc) is 2.86. The summed E-state index contributed by atoms with van der Waals surface area (Å²) in [5, 5.41) is 0. The number of rotatable bonds is 14. The molecule has 0 spiro atoms. The first-order valence-electron chi connectivity index (χ1n) is 12.6. The molecule has 0 aromatic heterocycles. The highest BCUT2D eigenvalue weighted by Crippen LogP contribution is 2.28. The Bertz CT molecular complexity index is 848. The predicted octanol–water partition coefficient (Wildman–Crippen LogP) is 5.09. The summed E-state index contributed by atoms with van der Waals surface area (Å²) in [6, 6.07) is 16.3. The Labute approximate surface area is 204 Å². The Kier molecular flexibility index (Phi) is 11.0. The van der Waals surface area contributed by atoms with Crippen LogP contribution in [0.5, 0.6) is 5.75 Å². The number of esters is 1. The molecule has 1 heterocycles. The Morgan fingerprint density at radius 3 is 2.24 bits per heavy atom. The summed E-state index contributed by atoms with van der Waals surface area (Å²) in [6.45, 7) is 4.64. The number of benzene rings is 2. The fraction of sp³-hybridized carbons (Fsp3) is 0.536. The molecule has 1 fully saturated rings. The molecule has 0 unspecified atom stereocenters. The van der Waals surface area contributed by atoms with Gasteiger partial charge in [-0.25, -0.2) is 0 Å². The zero-order valence-electron chi connectivity index (χ0n) is 20.8. The van der Waals surface area contributed by atoms with Crippen LogP contribution in [0.15, 0.2) is 48.5 Å². The highest BCUT2D eigenvalue weighted by molar-refractivity contribution is 5.72. The summed E-state index contributed by atoms with van der Waals surface area (Å²) < 4.78 is 16.9. The van der Waals surface area contributed by atoms with Crippen LogP contribution in [0.1, 0.15) is 44.1 Å². The summed E-state index contributed by atoms with van der Waals surface area (Å²) >= 11 is 0. The van der Waals surface area contributed by atoms with Crippen molar-refractivity contribution >= 4 is 17.3 Å². The summed E-state index contributed by atoms with van der Waals surface area (Å²) in [4.78, 5) is 16.4. The van der Waals surface area contributed by atoms with Gasteiger partial charge in [0.15, 0.2) is 0 Å². The number of carbonyl (C=O) groups is 1. The monoisotopic (exact) mass is 468 g/mol. The number of carbonyl (C=O) groups excluding carboxylic acids is 1. The van der Waals surface area contributed by atoms with Crippen molar-refractivity contribution in [1.29, 1.82) is 0 Å². The van der Waals surface area contributed by atoms with Crippen molar-refractivity contribution in [3.63, 3.8) is 0 Å². The molecular weight excluding hydrogens is 428 g/mol. The van der Waals surface area contributed by atoms with E-state index in [0.717, 1.165) is 82.0 Å². The minimum Gasteiger partial charge on any atom is -0.491 e. The standard InChI is InChI=1S/C28H40N2O4/c1-29(2)25-15-13-24(14-16-25)23-28(31)34-20-10-6-4-3-5-9-19-33-27-12-8-7-11-26(27)30-17-21-32-22-18-30/h7-8,11-16H,3-6,9-10,17-23H2,1-2H3. The van der Waals surface area contributed by atoms with Gasteiger partial charge in [0.05, 0.1) is 38.5 Å². The van der Waals surface area contributed by atoms with E-state index >= 15 is 0 Å². The lowest BCUT2D eigenvalue weighted by molar-refractivity contribution is -0.142. The second-order valence-corrected chi connectivity index (χ2v) is 9.00. The quantitative estimate of drug-likeness (QED) is 0.284. The van der Waals surface area contributed by atoms with E-state index in [9.17, 15) is 4.79 Å². The number of morpholine rings is 1. The normalized spacial score (nSPS) is 13.5. The molecule has 0 saturated carbocycles. The van der Waals surface area contributed by atoms with Gasteiger partial charge in [-0.15, -0.1) is 0 Å². The zero-order valence-corrected chi connectivity index (χ0v) is 20.8. The molecule has 1 saturated heterocycles. The largest absolute Gasteiger partial charge is 0.491 e. The molecule has 0 atom stereocenters. The SMILES string of the molecule is CN(C)c1ccc(CC(=O)OCCCCCCCCOc2ccccc2N2CCOCC2)cc1. The Balaban J connectivity index is 1.19. The van der Waals surface area contributed by atoms with Crippen LogP contribution in [0, 0.1) is 0 Å². The van der Waals surface area contributed by atoms with Crippen molar-refractivity contribution in [3.05, 3.63) is 54.1 Å². The molecule has 0 bridgehead atoms. The van der Waals surface area contributed by atoms with Crippen LogP contribution in [0.2, 0.25) is 0 Å². The summed E-state index contributed by atoms with van der Waals surface area (Å²) in [5.74, 6) is 0.826. The van der Waals surface area contributed by atoms with Gasteiger partial charge in [-0.3, -0.25) is 4.79 Å². The van der Waals surface area contributed by atoms with Crippen molar-refractivity contribution in [2.45, 2.75) is 44.9 Å². The van der Waals surface area contributed by atoms with Crippen molar-refractivity contribution in [2.24, 2.45) is 0 Å². The van der Waals surface area contributed by atoms with Gasteiger partial charge in [0.2, 0.25) is 0 Å². The van der Waals surface area contributed by atoms with E-state index in [4.69, 9.17) is 14.2 Å². The van der Waals surface area contributed by atoms with Crippen LogP contribution in [-0.4, -0.2) is 59.6 Å². The van der Waals surface area contributed by atoms with Crippen LogP contribution in [0.4, 0.5) is 11.4 Å². The Morgan fingerprint density at radius 1 is 0.882 bits per heavy atom. The maximum atomic E-state index is 12.0. The van der Waals surface area contributed by atoms with Crippen LogP contribution in [-0.2, 0) is 20.7 Å². The fourth-order valence-electron chi connectivity index (χ4n) is 4.05. The van der Waals surface area contributed by atoms with E-state index in [1.165, 1.54) is 12.1 Å². The summed E-state index contributed by atoms with van der Waals surface area (Å²) in [6.07, 6.45) is 6.90. The predicted molar refractivity (Wildman–Crippen MR) is 138 cm³/mol. The smallest absolute Gasteiger partial charge is 0.310 e. The molecule has 6 heteroatoms. The summed E-state index contributed by atoms with van der Waals surface area (Å²) in [7, 11) is 4.01. The van der Waals surface area contributed by atoms with Gasteiger partial charge < -0.3 is 24.0 Å². The van der Waals surface area contributed by atoms with Crippen molar-refractivity contribution in [1.82, 2.24) is 0 Å². The number of hydrogen-bond acceptors (Lipinski definition) is 6. The third kappa shape index (κ3) is 8.90. The second kappa shape index (κ2) is 14.5. The lowest BCUT2D eigenvalue weighted by Gasteiger charge is -2.30. The number of anilines is 2. The maximum Gasteiger partial charge on any atom is 0.310 e.